The minimum Gasteiger partial charge on any atom is -0.444 e. The van der Waals surface area contributed by atoms with Gasteiger partial charge in [-0.3, -0.25) is 0 Å². The van der Waals surface area contributed by atoms with Gasteiger partial charge in [-0.1, -0.05) is 0 Å². The van der Waals surface area contributed by atoms with Crippen molar-refractivity contribution >= 4 is 12.0 Å². The number of rotatable bonds is 4. The van der Waals surface area contributed by atoms with Crippen molar-refractivity contribution in [1.29, 1.82) is 0 Å². The van der Waals surface area contributed by atoms with Crippen molar-refractivity contribution in [2.24, 2.45) is 0 Å². The van der Waals surface area contributed by atoms with E-state index >= 15 is 0 Å². The zero-order valence-corrected chi connectivity index (χ0v) is 12.8. The molecule has 2 heterocycles. The first-order valence-electron chi connectivity index (χ1n) is 7.20. The molecule has 0 spiro atoms. The van der Waals surface area contributed by atoms with Crippen LogP contribution < -0.4 is 16.0 Å². The summed E-state index contributed by atoms with van der Waals surface area (Å²) < 4.78 is 5.15. The Kier molecular flexibility index (Phi) is 4.95. The first-order chi connectivity index (χ1) is 9.94. The highest BCUT2D eigenvalue weighted by Gasteiger charge is 2.15. The Balaban J connectivity index is 1.73. The molecular weight excluding hydrogens is 270 g/mol. The number of carbonyl (C=O) groups is 1. The average molecular weight is 293 g/mol. The topological polar surface area (TPSA) is 88.2 Å². The van der Waals surface area contributed by atoms with E-state index in [0.29, 0.717) is 19.0 Å². The number of nitrogens with zero attached hydrogens (tertiary/aromatic N) is 2. The average Bonchev–Trinajstić information content (AvgIpc) is 2.41. The molecule has 3 N–H and O–H groups in total. The largest absolute Gasteiger partial charge is 0.444 e. The predicted octanol–water partition coefficient (Wildman–Crippen LogP) is 1.06. The molecule has 7 nitrogen and oxygen atoms in total. The van der Waals surface area contributed by atoms with Crippen LogP contribution in [0.5, 0.6) is 0 Å². The molecule has 1 aromatic rings. The Bertz CT molecular complexity index is 499. The van der Waals surface area contributed by atoms with Crippen molar-refractivity contribution < 1.29 is 9.53 Å². The molecule has 1 aromatic heterocycles. The van der Waals surface area contributed by atoms with Crippen LogP contribution in [0.3, 0.4) is 0 Å². The number of hydrogen-bond acceptors (Lipinski definition) is 6. The Morgan fingerprint density at radius 3 is 3.00 bits per heavy atom. The van der Waals surface area contributed by atoms with Gasteiger partial charge in [0.2, 0.25) is 5.95 Å². The van der Waals surface area contributed by atoms with Crippen LogP contribution in [0, 0.1) is 0 Å². The van der Waals surface area contributed by atoms with E-state index in [2.05, 4.69) is 25.9 Å². The molecule has 0 unspecified atom stereocenters. The number of carbonyl (C=O) groups excluding carboxylic acids is 1. The van der Waals surface area contributed by atoms with E-state index in [1.165, 1.54) is 0 Å². The Hall–Kier alpha value is -1.89. The van der Waals surface area contributed by atoms with E-state index in [4.69, 9.17) is 4.74 Å². The highest BCUT2D eigenvalue weighted by Crippen LogP contribution is 2.11. The third kappa shape index (κ3) is 5.18. The summed E-state index contributed by atoms with van der Waals surface area (Å²) in [6, 6.07) is 0. The second-order valence-corrected chi connectivity index (χ2v) is 5.95. The standard InChI is InChI=1S/C14H23N5O2/c1-14(2,3)21-13(20)17-7-6-16-12-18-9-10-8-15-5-4-11(10)19-12/h9,15H,4-8H2,1-3H3,(H,17,20)(H,16,18,19). The smallest absolute Gasteiger partial charge is 0.407 e. The summed E-state index contributed by atoms with van der Waals surface area (Å²) in [6.45, 7) is 8.29. The highest BCUT2D eigenvalue weighted by atomic mass is 16.6. The van der Waals surface area contributed by atoms with Crippen LogP contribution in [0.15, 0.2) is 6.20 Å². The van der Waals surface area contributed by atoms with Gasteiger partial charge in [0.15, 0.2) is 0 Å². The first-order valence-corrected chi connectivity index (χ1v) is 7.20. The fourth-order valence-corrected chi connectivity index (χ4v) is 1.97. The second kappa shape index (κ2) is 6.71. The van der Waals surface area contributed by atoms with Gasteiger partial charge < -0.3 is 20.7 Å². The molecule has 0 bridgehead atoms. The lowest BCUT2D eigenvalue weighted by molar-refractivity contribution is 0.0530. The van der Waals surface area contributed by atoms with Crippen molar-refractivity contribution in [3.05, 3.63) is 17.5 Å². The van der Waals surface area contributed by atoms with Crippen LogP contribution in [0.4, 0.5) is 10.7 Å². The number of alkyl carbamates (subject to hydrolysis) is 1. The monoisotopic (exact) mass is 293 g/mol. The molecule has 1 aliphatic heterocycles. The van der Waals surface area contributed by atoms with Crippen LogP contribution in [-0.4, -0.2) is 41.3 Å². The van der Waals surface area contributed by atoms with E-state index in [1.54, 1.807) is 0 Å². The number of anilines is 1. The molecule has 0 radical (unpaired) electrons. The lowest BCUT2D eigenvalue weighted by Crippen LogP contribution is -2.35. The van der Waals surface area contributed by atoms with E-state index in [9.17, 15) is 4.79 Å². The minimum atomic E-state index is -0.479. The second-order valence-electron chi connectivity index (χ2n) is 5.95. The van der Waals surface area contributed by atoms with Crippen molar-refractivity contribution in [2.75, 3.05) is 25.0 Å². The summed E-state index contributed by atoms with van der Waals surface area (Å²) >= 11 is 0. The van der Waals surface area contributed by atoms with Crippen LogP contribution in [0.1, 0.15) is 32.0 Å². The minimum absolute atomic E-state index is 0.415. The number of aromatic nitrogens is 2. The number of hydrogen-bond donors (Lipinski definition) is 3. The molecule has 1 aliphatic rings. The van der Waals surface area contributed by atoms with Gasteiger partial charge in [0.1, 0.15) is 5.60 Å². The predicted molar refractivity (Wildman–Crippen MR) is 80.2 cm³/mol. The van der Waals surface area contributed by atoms with E-state index in [0.717, 1.165) is 30.8 Å². The Labute approximate surface area is 124 Å². The number of ether oxygens (including phenoxy) is 1. The normalized spacial score (nSPS) is 14.2. The van der Waals surface area contributed by atoms with Gasteiger partial charge in [0.05, 0.1) is 5.69 Å². The molecule has 2 rings (SSSR count). The fourth-order valence-electron chi connectivity index (χ4n) is 1.97. The summed E-state index contributed by atoms with van der Waals surface area (Å²) in [6.07, 6.45) is 2.35. The lowest BCUT2D eigenvalue weighted by Gasteiger charge is -2.19. The quantitative estimate of drug-likeness (QED) is 0.719. The fraction of sp³-hybridized carbons (Fsp3) is 0.643. The third-order valence-corrected chi connectivity index (χ3v) is 2.88. The van der Waals surface area contributed by atoms with Gasteiger partial charge in [0, 0.05) is 44.4 Å². The highest BCUT2D eigenvalue weighted by molar-refractivity contribution is 5.67. The van der Waals surface area contributed by atoms with Crippen LogP contribution >= 0.6 is 0 Å². The Morgan fingerprint density at radius 1 is 1.43 bits per heavy atom. The molecule has 0 aliphatic carbocycles. The van der Waals surface area contributed by atoms with E-state index in [1.807, 2.05) is 27.0 Å². The van der Waals surface area contributed by atoms with Gasteiger partial charge in [-0.25, -0.2) is 14.8 Å². The van der Waals surface area contributed by atoms with Gasteiger partial charge in [-0.15, -0.1) is 0 Å². The molecule has 0 saturated heterocycles. The van der Waals surface area contributed by atoms with Gasteiger partial charge in [-0.2, -0.15) is 0 Å². The maximum atomic E-state index is 11.5. The zero-order chi connectivity index (χ0) is 15.3. The maximum Gasteiger partial charge on any atom is 0.407 e. The summed E-state index contributed by atoms with van der Waals surface area (Å²) in [7, 11) is 0. The molecule has 1 amide bonds. The lowest BCUT2D eigenvalue weighted by atomic mass is 10.1. The van der Waals surface area contributed by atoms with E-state index < -0.39 is 11.7 Å². The molecular formula is C14H23N5O2. The van der Waals surface area contributed by atoms with Gasteiger partial charge in [-0.05, 0) is 20.8 Å². The SMILES string of the molecule is CC(C)(C)OC(=O)NCCNc1ncc2c(n1)CCNC2. The maximum absolute atomic E-state index is 11.5. The summed E-state index contributed by atoms with van der Waals surface area (Å²) in [4.78, 5) is 20.2. The summed E-state index contributed by atoms with van der Waals surface area (Å²) in [5.41, 5.74) is 1.76. The first kappa shape index (κ1) is 15.5. The zero-order valence-electron chi connectivity index (χ0n) is 12.8. The van der Waals surface area contributed by atoms with Gasteiger partial charge in [0.25, 0.3) is 0 Å². The number of amides is 1. The number of fused-ring (bicyclic) bond motifs is 1. The van der Waals surface area contributed by atoms with Crippen LogP contribution in [-0.2, 0) is 17.7 Å². The molecule has 0 saturated carbocycles. The van der Waals surface area contributed by atoms with Crippen molar-refractivity contribution in [2.45, 2.75) is 39.3 Å². The van der Waals surface area contributed by atoms with Crippen molar-refractivity contribution in [1.82, 2.24) is 20.6 Å². The molecule has 7 heteroatoms. The number of nitrogens with one attached hydrogen (secondary N) is 3. The molecule has 0 fully saturated rings. The van der Waals surface area contributed by atoms with E-state index in [-0.39, 0.29) is 0 Å². The molecule has 0 aromatic carbocycles. The van der Waals surface area contributed by atoms with Crippen molar-refractivity contribution in [3.8, 4) is 0 Å². The summed E-state index contributed by atoms with van der Waals surface area (Å²) in [5.74, 6) is 0.599. The van der Waals surface area contributed by atoms with Gasteiger partial charge >= 0.3 is 6.09 Å². The van der Waals surface area contributed by atoms with Crippen LogP contribution in [0.2, 0.25) is 0 Å². The summed E-state index contributed by atoms with van der Waals surface area (Å²) in [5, 5.41) is 9.06. The van der Waals surface area contributed by atoms with Crippen molar-refractivity contribution in [3.63, 3.8) is 0 Å². The molecule has 116 valence electrons. The van der Waals surface area contributed by atoms with Crippen LogP contribution in [0.25, 0.3) is 0 Å². The molecule has 21 heavy (non-hydrogen) atoms. The molecule has 0 atom stereocenters. The Morgan fingerprint density at radius 2 is 2.24 bits per heavy atom. The third-order valence-electron chi connectivity index (χ3n) is 2.88.